The molecule has 188 valence electrons. The van der Waals surface area contributed by atoms with Crippen LogP contribution in [0.15, 0.2) is 60.9 Å². The number of nitrogens with one attached hydrogen (secondary N) is 3. The molecule has 1 atom stereocenters. The molecule has 5 rings (SSSR count). The number of hydrogen-bond donors (Lipinski definition) is 4. The standard InChI is InChI=1S/C26H32N8O2/c1-17(18-6-4-3-5-7-18)12-21(36-27)15-28-26-30-23(29-24-13-22(32-33-24)19-8-9-19)14-25(31-26)35-20-10-11-34(2)16-20/h3-7,12-14,19-20H,1,8-11,15-16,27H2,2H3,(H3,28,29,30,31,32,33)/b21-12-. The summed E-state index contributed by atoms with van der Waals surface area (Å²) in [7, 11) is 2.09. The minimum absolute atomic E-state index is 0.0782. The van der Waals surface area contributed by atoms with E-state index >= 15 is 0 Å². The first-order valence-electron chi connectivity index (χ1n) is 12.2. The van der Waals surface area contributed by atoms with Crippen molar-refractivity contribution in [1.82, 2.24) is 25.1 Å². The van der Waals surface area contributed by atoms with Crippen molar-refractivity contribution in [3.05, 3.63) is 72.1 Å². The maximum atomic E-state index is 6.19. The van der Waals surface area contributed by atoms with Crippen LogP contribution >= 0.6 is 0 Å². The number of likely N-dealkylation sites (N-methyl/N-ethyl adjacent to an activating group) is 1. The van der Waals surface area contributed by atoms with Gasteiger partial charge in [-0.2, -0.15) is 21.0 Å². The van der Waals surface area contributed by atoms with E-state index in [0.717, 1.165) is 36.3 Å². The SMILES string of the molecule is C=C(/C=C(/CNc1nc(Nc2cc(C3CC3)[nH]n2)cc(OC2CCN(C)C2)n1)ON)c1ccccc1. The molecule has 5 N–H and O–H groups in total. The fraction of sp³-hybridized carbons (Fsp3) is 0.346. The van der Waals surface area contributed by atoms with Gasteiger partial charge in [-0.3, -0.25) is 5.10 Å². The van der Waals surface area contributed by atoms with Crippen molar-refractivity contribution < 1.29 is 9.57 Å². The molecule has 36 heavy (non-hydrogen) atoms. The Labute approximate surface area is 210 Å². The maximum Gasteiger partial charge on any atom is 0.228 e. The van der Waals surface area contributed by atoms with E-state index in [9.17, 15) is 0 Å². The molecule has 1 saturated carbocycles. The van der Waals surface area contributed by atoms with Gasteiger partial charge in [-0.15, -0.1) is 0 Å². The number of allylic oxidation sites excluding steroid dienone is 2. The highest BCUT2D eigenvalue weighted by atomic mass is 16.6. The molecule has 2 fully saturated rings. The van der Waals surface area contributed by atoms with Gasteiger partial charge in [0.05, 0.1) is 6.54 Å². The monoisotopic (exact) mass is 488 g/mol. The number of rotatable bonds is 11. The Morgan fingerprint density at radius 2 is 2.03 bits per heavy atom. The van der Waals surface area contributed by atoms with Crippen molar-refractivity contribution in [2.45, 2.75) is 31.3 Å². The van der Waals surface area contributed by atoms with Gasteiger partial charge in [0.2, 0.25) is 11.8 Å². The molecule has 1 aliphatic heterocycles. The molecule has 3 aromatic rings. The molecule has 2 aromatic heterocycles. The lowest BCUT2D eigenvalue weighted by Gasteiger charge is -2.15. The second kappa shape index (κ2) is 10.8. The van der Waals surface area contributed by atoms with Gasteiger partial charge in [0.25, 0.3) is 0 Å². The number of hydrogen-bond acceptors (Lipinski definition) is 9. The lowest BCUT2D eigenvalue weighted by molar-refractivity contribution is 0.200. The van der Waals surface area contributed by atoms with Crippen molar-refractivity contribution >= 4 is 23.2 Å². The van der Waals surface area contributed by atoms with Crippen molar-refractivity contribution in [2.75, 3.05) is 37.3 Å². The number of anilines is 3. The van der Waals surface area contributed by atoms with Gasteiger partial charge in [0, 0.05) is 36.8 Å². The first-order chi connectivity index (χ1) is 17.6. The summed E-state index contributed by atoms with van der Waals surface area (Å²) in [5, 5.41) is 13.9. The predicted molar refractivity (Wildman–Crippen MR) is 140 cm³/mol. The van der Waals surface area contributed by atoms with E-state index in [1.807, 2.05) is 36.4 Å². The first-order valence-corrected chi connectivity index (χ1v) is 12.2. The molecule has 10 heteroatoms. The van der Waals surface area contributed by atoms with Crippen LogP contribution < -0.4 is 21.3 Å². The van der Waals surface area contributed by atoms with Crippen LogP contribution in [0, 0.1) is 0 Å². The molecule has 0 spiro atoms. The zero-order chi connectivity index (χ0) is 24.9. The number of likely N-dealkylation sites (tertiary alicyclic amines) is 1. The predicted octanol–water partition coefficient (Wildman–Crippen LogP) is 3.80. The Balaban J connectivity index is 1.31. The van der Waals surface area contributed by atoms with Crippen molar-refractivity contribution in [3.8, 4) is 5.88 Å². The van der Waals surface area contributed by atoms with Crippen molar-refractivity contribution in [3.63, 3.8) is 0 Å². The van der Waals surface area contributed by atoms with E-state index in [1.165, 1.54) is 12.8 Å². The van der Waals surface area contributed by atoms with E-state index in [1.54, 1.807) is 12.1 Å². The van der Waals surface area contributed by atoms with E-state index in [2.05, 4.69) is 49.3 Å². The van der Waals surface area contributed by atoms with Crippen molar-refractivity contribution in [2.24, 2.45) is 5.90 Å². The number of ether oxygens (including phenoxy) is 1. The van der Waals surface area contributed by atoms with Crippen LogP contribution in [0.4, 0.5) is 17.6 Å². The Morgan fingerprint density at radius 3 is 2.75 bits per heavy atom. The summed E-state index contributed by atoms with van der Waals surface area (Å²) in [6, 6.07) is 13.6. The molecule has 1 aromatic carbocycles. The van der Waals surface area contributed by atoms with E-state index in [0.29, 0.717) is 35.1 Å². The van der Waals surface area contributed by atoms with Crippen LogP contribution in [-0.2, 0) is 4.84 Å². The van der Waals surface area contributed by atoms with Crippen LogP contribution in [0.2, 0.25) is 0 Å². The third kappa shape index (κ3) is 6.21. The van der Waals surface area contributed by atoms with Crippen LogP contribution in [0.3, 0.4) is 0 Å². The molecule has 0 radical (unpaired) electrons. The molecule has 0 bridgehead atoms. The number of nitrogens with zero attached hydrogens (tertiary/aromatic N) is 4. The van der Waals surface area contributed by atoms with Crippen LogP contribution in [0.25, 0.3) is 5.57 Å². The second-order valence-corrected chi connectivity index (χ2v) is 9.29. The van der Waals surface area contributed by atoms with Gasteiger partial charge in [0.1, 0.15) is 17.7 Å². The average molecular weight is 489 g/mol. The summed E-state index contributed by atoms with van der Waals surface area (Å²) < 4.78 is 6.19. The minimum Gasteiger partial charge on any atom is -0.473 e. The molecule has 1 unspecified atom stereocenters. The largest absolute Gasteiger partial charge is 0.473 e. The zero-order valence-corrected chi connectivity index (χ0v) is 20.4. The number of benzene rings is 1. The topological polar surface area (TPSA) is 126 Å². The number of H-pyrrole nitrogens is 1. The molecular formula is C26H32N8O2. The third-order valence-corrected chi connectivity index (χ3v) is 6.26. The average Bonchev–Trinajstić information content (AvgIpc) is 3.50. The van der Waals surface area contributed by atoms with Gasteiger partial charge >= 0.3 is 0 Å². The fourth-order valence-electron chi connectivity index (χ4n) is 4.15. The quantitative estimate of drug-likeness (QED) is 0.181. The number of aromatic amines is 1. The van der Waals surface area contributed by atoms with Gasteiger partial charge in [-0.1, -0.05) is 36.9 Å². The molecular weight excluding hydrogens is 456 g/mol. The molecule has 1 saturated heterocycles. The Hall–Kier alpha value is -3.89. The minimum atomic E-state index is 0.0782. The molecule has 10 nitrogen and oxygen atoms in total. The van der Waals surface area contributed by atoms with Gasteiger partial charge < -0.3 is 25.1 Å². The molecule has 0 amide bonds. The van der Waals surface area contributed by atoms with Gasteiger partial charge in [-0.25, -0.2) is 0 Å². The Bertz CT molecular complexity index is 1220. The summed E-state index contributed by atoms with van der Waals surface area (Å²) in [6.45, 7) is 6.23. The lowest BCUT2D eigenvalue weighted by atomic mass is 10.1. The summed E-state index contributed by atoms with van der Waals surface area (Å²) in [5.41, 5.74) is 2.91. The van der Waals surface area contributed by atoms with Gasteiger partial charge in [0.15, 0.2) is 5.82 Å². The first kappa shape index (κ1) is 23.8. The van der Waals surface area contributed by atoms with Crippen LogP contribution in [0.1, 0.15) is 36.4 Å². The van der Waals surface area contributed by atoms with E-state index < -0.39 is 0 Å². The Morgan fingerprint density at radius 1 is 1.19 bits per heavy atom. The van der Waals surface area contributed by atoms with Gasteiger partial charge in [-0.05, 0) is 43.5 Å². The van der Waals surface area contributed by atoms with Crippen LogP contribution in [-0.4, -0.2) is 57.9 Å². The summed E-state index contributed by atoms with van der Waals surface area (Å²) in [5.74, 6) is 8.77. The van der Waals surface area contributed by atoms with E-state index in [4.69, 9.17) is 15.5 Å². The Kier molecular flexibility index (Phi) is 7.15. The number of nitrogens with two attached hydrogens (primary N) is 1. The highest BCUT2D eigenvalue weighted by molar-refractivity contribution is 5.72. The molecule has 3 heterocycles. The maximum absolute atomic E-state index is 6.19. The van der Waals surface area contributed by atoms with Crippen molar-refractivity contribution in [1.29, 1.82) is 0 Å². The number of aromatic nitrogens is 4. The third-order valence-electron chi connectivity index (χ3n) is 6.26. The zero-order valence-electron chi connectivity index (χ0n) is 20.4. The normalized spacial score (nSPS) is 18.2. The summed E-state index contributed by atoms with van der Waals surface area (Å²) in [6.07, 6.45) is 5.22. The molecule has 1 aliphatic carbocycles. The molecule has 2 aliphatic rings. The highest BCUT2D eigenvalue weighted by Gasteiger charge is 2.26. The summed E-state index contributed by atoms with van der Waals surface area (Å²) in [4.78, 5) is 16.5. The summed E-state index contributed by atoms with van der Waals surface area (Å²) >= 11 is 0. The lowest BCUT2D eigenvalue weighted by Crippen LogP contribution is -2.22. The highest BCUT2D eigenvalue weighted by Crippen LogP contribution is 2.39. The smallest absolute Gasteiger partial charge is 0.228 e. The van der Waals surface area contributed by atoms with E-state index in [-0.39, 0.29) is 12.6 Å². The fourth-order valence-corrected chi connectivity index (χ4v) is 4.15. The second-order valence-electron chi connectivity index (χ2n) is 9.29. The van der Waals surface area contributed by atoms with Crippen LogP contribution in [0.5, 0.6) is 5.88 Å².